The Bertz CT molecular complexity index is 680. The van der Waals surface area contributed by atoms with Gasteiger partial charge in [0.25, 0.3) is 5.91 Å². The molecule has 1 aromatic heterocycles. The number of nitrogens with one attached hydrogen (secondary N) is 1. The lowest BCUT2D eigenvalue weighted by Gasteiger charge is -2.14. The molecule has 1 aromatic carbocycles. The Morgan fingerprint density at radius 1 is 1.04 bits per heavy atom. The van der Waals surface area contributed by atoms with E-state index in [9.17, 15) is 9.59 Å². The molecule has 0 spiro atoms. The molecule has 1 N–H and O–H groups in total. The minimum atomic E-state index is -0.688. The van der Waals surface area contributed by atoms with Crippen LogP contribution in [-0.2, 0) is 9.53 Å². The van der Waals surface area contributed by atoms with Crippen LogP contribution in [0, 0.1) is 0 Å². The molecule has 6 nitrogen and oxygen atoms in total. The fourth-order valence-electron chi connectivity index (χ4n) is 1.75. The number of ether oxygens (including phenoxy) is 3. The number of carbonyl (C=O) groups is 2. The normalized spacial score (nSPS) is 11.4. The van der Waals surface area contributed by atoms with Crippen molar-refractivity contribution in [3.05, 3.63) is 41.3 Å². The van der Waals surface area contributed by atoms with Gasteiger partial charge in [-0.2, -0.15) is 0 Å². The molecule has 1 amide bonds. The smallest absolute Gasteiger partial charge is 0.348 e. The third-order valence-corrected chi connectivity index (χ3v) is 3.96. The lowest BCUT2D eigenvalue weighted by Crippen LogP contribution is -2.29. The summed E-state index contributed by atoms with van der Waals surface area (Å²) in [7, 11) is 2.89. The van der Waals surface area contributed by atoms with Crippen LogP contribution in [-0.4, -0.2) is 32.2 Å². The first-order valence-electron chi connectivity index (χ1n) is 6.83. The summed E-state index contributed by atoms with van der Waals surface area (Å²) in [5, 5.41) is 3.26. The second kappa shape index (κ2) is 7.64. The van der Waals surface area contributed by atoms with Gasteiger partial charge in [-0.25, -0.2) is 4.79 Å². The number of esters is 1. The molecule has 0 fully saturated rings. The second-order valence-electron chi connectivity index (χ2n) is 4.58. The first kappa shape index (κ1) is 16.8. The van der Waals surface area contributed by atoms with Crippen molar-refractivity contribution in [2.24, 2.45) is 0 Å². The van der Waals surface area contributed by atoms with Gasteiger partial charge >= 0.3 is 5.97 Å². The maximum absolute atomic E-state index is 12.1. The number of carbonyl (C=O) groups excluding carboxylic acids is 2. The van der Waals surface area contributed by atoms with E-state index in [1.54, 1.807) is 50.4 Å². The summed E-state index contributed by atoms with van der Waals surface area (Å²) < 4.78 is 15.3. The minimum Gasteiger partial charge on any atom is -0.497 e. The highest BCUT2D eigenvalue weighted by Crippen LogP contribution is 2.23. The van der Waals surface area contributed by atoms with Crippen LogP contribution in [0.4, 0.5) is 5.00 Å². The summed E-state index contributed by atoms with van der Waals surface area (Å²) in [4.78, 5) is 23.9. The Balaban J connectivity index is 1.93. The third-order valence-electron chi connectivity index (χ3n) is 2.98. The van der Waals surface area contributed by atoms with E-state index < -0.39 is 12.1 Å². The molecule has 0 aliphatic carbocycles. The van der Waals surface area contributed by atoms with Crippen molar-refractivity contribution in [2.45, 2.75) is 13.0 Å². The van der Waals surface area contributed by atoms with E-state index in [1.807, 2.05) is 0 Å². The molecule has 2 aromatic rings. The van der Waals surface area contributed by atoms with Gasteiger partial charge in [-0.05, 0) is 43.3 Å². The van der Waals surface area contributed by atoms with Crippen molar-refractivity contribution in [2.75, 3.05) is 19.5 Å². The van der Waals surface area contributed by atoms with Gasteiger partial charge in [-0.3, -0.25) is 4.79 Å². The lowest BCUT2D eigenvalue weighted by molar-refractivity contribution is -0.122. The maximum atomic E-state index is 12.1. The number of anilines is 1. The van der Waals surface area contributed by atoms with Crippen LogP contribution in [0.2, 0.25) is 0 Å². The van der Waals surface area contributed by atoms with E-state index in [2.05, 4.69) is 10.1 Å². The average molecular weight is 335 g/mol. The Morgan fingerprint density at radius 3 is 2.30 bits per heavy atom. The van der Waals surface area contributed by atoms with Gasteiger partial charge in [0.05, 0.1) is 19.2 Å². The summed E-state index contributed by atoms with van der Waals surface area (Å²) in [5.74, 6) is 0.537. The molecule has 1 heterocycles. The zero-order valence-corrected chi connectivity index (χ0v) is 13.8. The first-order chi connectivity index (χ1) is 11.0. The van der Waals surface area contributed by atoms with Crippen LogP contribution < -0.4 is 14.8 Å². The number of hydrogen-bond donors (Lipinski definition) is 1. The van der Waals surface area contributed by atoms with E-state index in [4.69, 9.17) is 9.47 Å². The highest BCUT2D eigenvalue weighted by Gasteiger charge is 2.17. The Labute approximate surface area is 138 Å². The van der Waals surface area contributed by atoms with Gasteiger partial charge in [-0.15, -0.1) is 11.3 Å². The molecule has 1 atom stereocenters. The average Bonchev–Trinajstić information content (AvgIpc) is 3.03. The largest absolute Gasteiger partial charge is 0.497 e. The van der Waals surface area contributed by atoms with Crippen LogP contribution in [0.1, 0.15) is 16.6 Å². The van der Waals surface area contributed by atoms with Crippen molar-refractivity contribution < 1.29 is 23.8 Å². The summed E-state index contributed by atoms with van der Waals surface area (Å²) in [6, 6.07) is 10.2. The number of methoxy groups -OCH3 is 2. The van der Waals surface area contributed by atoms with Gasteiger partial charge < -0.3 is 19.5 Å². The van der Waals surface area contributed by atoms with Crippen LogP contribution in [0.3, 0.4) is 0 Å². The second-order valence-corrected chi connectivity index (χ2v) is 5.66. The first-order valence-corrected chi connectivity index (χ1v) is 7.65. The molecule has 2 rings (SSSR count). The van der Waals surface area contributed by atoms with E-state index in [0.717, 1.165) is 11.3 Å². The van der Waals surface area contributed by atoms with E-state index in [1.165, 1.54) is 7.11 Å². The van der Waals surface area contributed by atoms with Crippen molar-refractivity contribution in [1.29, 1.82) is 0 Å². The van der Waals surface area contributed by atoms with Crippen molar-refractivity contribution in [1.82, 2.24) is 0 Å². The van der Waals surface area contributed by atoms with Crippen LogP contribution in [0.5, 0.6) is 11.5 Å². The van der Waals surface area contributed by atoms with Gasteiger partial charge in [0.2, 0.25) is 0 Å². The zero-order chi connectivity index (χ0) is 16.8. The molecule has 122 valence electrons. The molecule has 0 radical (unpaired) electrons. The fraction of sp³-hybridized carbons (Fsp3) is 0.250. The molecule has 0 aliphatic heterocycles. The van der Waals surface area contributed by atoms with Gasteiger partial charge in [0.15, 0.2) is 6.10 Å². The topological polar surface area (TPSA) is 73.9 Å². The highest BCUT2D eigenvalue weighted by atomic mass is 32.1. The number of amides is 1. The monoisotopic (exact) mass is 335 g/mol. The number of rotatable bonds is 6. The van der Waals surface area contributed by atoms with E-state index in [-0.39, 0.29) is 5.91 Å². The Kier molecular flexibility index (Phi) is 5.59. The molecule has 0 saturated heterocycles. The number of hydrogen-bond acceptors (Lipinski definition) is 6. The molecule has 23 heavy (non-hydrogen) atoms. The van der Waals surface area contributed by atoms with Gasteiger partial charge in [0, 0.05) is 0 Å². The molecule has 0 unspecified atom stereocenters. The Hall–Kier alpha value is -2.54. The standard InChI is InChI=1S/C16H17NO5S/c1-10(22-12-6-4-11(20-2)5-7-12)15(18)17-14-9-8-13(23-14)16(19)21-3/h4-10H,1-3H3,(H,17,18)/t10-/m0/s1. The highest BCUT2D eigenvalue weighted by molar-refractivity contribution is 7.18. The van der Waals surface area contributed by atoms with E-state index in [0.29, 0.717) is 21.4 Å². The molecular weight excluding hydrogens is 318 g/mol. The van der Waals surface area contributed by atoms with Gasteiger partial charge in [0.1, 0.15) is 16.4 Å². The van der Waals surface area contributed by atoms with Crippen molar-refractivity contribution in [3.63, 3.8) is 0 Å². The number of thiophene rings is 1. The van der Waals surface area contributed by atoms with Crippen LogP contribution >= 0.6 is 11.3 Å². The third kappa shape index (κ3) is 4.46. The number of benzene rings is 1. The summed E-state index contributed by atoms with van der Waals surface area (Å²) in [6.45, 7) is 1.65. The molecular formula is C16H17NO5S. The molecule has 0 aliphatic rings. The summed E-state index contributed by atoms with van der Waals surface area (Å²) in [6.07, 6.45) is -0.688. The Morgan fingerprint density at radius 2 is 1.70 bits per heavy atom. The SMILES string of the molecule is COC(=O)c1ccc(NC(=O)[C@H](C)Oc2ccc(OC)cc2)s1. The van der Waals surface area contributed by atoms with Crippen LogP contribution in [0.15, 0.2) is 36.4 Å². The summed E-state index contributed by atoms with van der Waals surface area (Å²) >= 11 is 1.14. The molecule has 0 bridgehead atoms. The molecule has 7 heteroatoms. The predicted molar refractivity (Wildman–Crippen MR) is 87.4 cm³/mol. The van der Waals surface area contributed by atoms with Crippen LogP contribution in [0.25, 0.3) is 0 Å². The molecule has 0 saturated carbocycles. The summed E-state index contributed by atoms with van der Waals surface area (Å²) in [5.41, 5.74) is 0. The zero-order valence-electron chi connectivity index (χ0n) is 13.0. The minimum absolute atomic E-state index is 0.306. The van der Waals surface area contributed by atoms with Gasteiger partial charge in [-0.1, -0.05) is 0 Å². The van der Waals surface area contributed by atoms with E-state index >= 15 is 0 Å². The van der Waals surface area contributed by atoms with Crippen molar-refractivity contribution >= 4 is 28.2 Å². The quantitative estimate of drug-likeness (QED) is 0.822. The maximum Gasteiger partial charge on any atom is 0.348 e. The lowest BCUT2D eigenvalue weighted by atomic mass is 10.3. The fourth-order valence-corrected chi connectivity index (χ4v) is 2.58. The van der Waals surface area contributed by atoms with Crippen molar-refractivity contribution in [3.8, 4) is 11.5 Å². The predicted octanol–water partition coefficient (Wildman–Crippen LogP) is 2.95.